The van der Waals surface area contributed by atoms with Crippen LogP contribution in [-0.4, -0.2) is 8.07 Å². The Labute approximate surface area is 84.1 Å². The molecule has 2 saturated carbocycles. The molecule has 13 heavy (non-hydrogen) atoms. The smallest absolute Gasteiger partial charge is 0.0476 e. The topological polar surface area (TPSA) is 0 Å². The molecule has 2 aliphatic rings. The molecule has 0 aromatic rings. The van der Waals surface area contributed by atoms with Gasteiger partial charge >= 0.3 is 0 Å². The van der Waals surface area contributed by atoms with Gasteiger partial charge in [-0.1, -0.05) is 58.2 Å². The fourth-order valence-electron chi connectivity index (χ4n) is 3.81. The third-order valence-electron chi connectivity index (χ3n) is 4.45. The zero-order valence-corrected chi connectivity index (χ0v) is 10.5. The summed E-state index contributed by atoms with van der Waals surface area (Å²) in [6.45, 7) is 7.73. The maximum absolute atomic E-state index is 2.58. The summed E-state index contributed by atoms with van der Waals surface area (Å²) in [5, 5.41) is 0. The summed E-state index contributed by atoms with van der Waals surface area (Å²) in [6.07, 6.45) is 9.33. The maximum atomic E-state index is 2.58. The van der Waals surface area contributed by atoms with Gasteiger partial charge in [0.25, 0.3) is 0 Å². The van der Waals surface area contributed by atoms with Gasteiger partial charge in [-0.15, -0.1) is 0 Å². The molecular formula is C12H24Si. The van der Waals surface area contributed by atoms with Crippen LogP contribution in [0.4, 0.5) is 0 Å². The minimum atomic E-state index is -0.832. The van der Waals surface area contributed by atoms with Crippen molar-refractivity contribution >= 4 is 8.07 Å². The van der Waals surface area contributed by atoms with Crippen LogP contribution in [0.1, 0.15) is 38.5 Å². The summed E-state index contributed by atoms with van der Waals surface area (Å²) < 4.78 is 0. The van der Waals surface area contributed by atoms with Crippen LogP contribution < -0.4 is 0 Å². The van der Waals surface area contributed by atoms with Gasteiger partial charge in [-0.25, -0.2) is 0 Å². The first-order valence-electron chi connectivity index (χ1n) is 6.09. The Morgan fingerprint density at radius 2 is 1.54 bits per heavy atom. The highest BCUT2D eigenvalue weighted by Crippen LogP contribution is 2.52. The Morgan fingerprint density at radius 1 is 0.846 bits per heavy atom. The van der Waals surface area contributed by atoms with E-state index < -0.39 is 8.07 Å². The molecule has 3 atom stereocenters. The summed E-state index contributed by atoms with van der Waals surface area (Å²) in [4.78, 5) is 0. The van der Waals surface area contributed by atoms with E-state index in [0.717, 1.165) is 17.4 Å². The number of fused-ring (bicyclic) bond motifs is 1. The minimum absolute atomic E-state index is 0.832. The SMILES string of the molecule is C[Si](C)(C)C1CCC2CCCCC21. The first kappa shape index (κ1) is 9.76. The molecule has 2 rings (SSSR count). The van der Waals surface area contributed by atoms with Crippen LogP contribution >= 0.6 is 0 Å². The van der Waals surface area contributed by atoms with E-state index in [2.05, 4.69) is 19.6 Å². The summed E-state index contributed by atoms with van der Waals surface area (Å²) in [5.74, 6) is 2.30. The molecule has 2 fully saturated rings. The van der Waals surface area contributed by atoms with E-state index in [-0.39, 0.29) is 0 Å². The average molecular weight is 196 g/mol. The summed E-state index contributed by atoms with van der Waals surface area (Å²) in [5.41, 5.74) is 1.16. The standard InChI is InChI=1S/C12H24Si/c1-13(2,3)12-9-8-10-6-4-5-7-11(10)12/h10-12H,4-9H2,1-3H3. The van der Waals surface area contributed by atoms with E-state index in [1.165, 1.54) is 12.8 Å². The molecular weight excluding hydrogens is 172 g/mol. The normalized spacial score (nSPS) is 40.4. The lowest BCUT2D eigenvalue weighted by Gasteiger charge is -2.35. The Morgan fingerprint density at radius 3 is 2.23 bits per heavy atom. The first-order valence-corrected chi connectivity index (χ1v) is 9.67. The molecule has 0 heterocycles. The monoisotopic (exact) mass is 196 g/mol. The number of hydrogen-bond donors (Lipinski definition) is 0. The molecule has 1 heteroatoms. The molecule has 0 aliphatic heterocycles. The zero-order valence-electron chi connectivity index (χ0n) is 9.47. The van der Waals surface area contributed by atoms with Crippen LogP contribution in [-0.2, 0) is 0 Å². The van der Waals surface area contributed by atoms with Gasteiger partial charge in [0.05, 0.1) is 0 Å². The fourth-order valence-corrected chi connectivity index (χ4v) is 6.56. The van der Waals surface area contributed by atoms with Crippen molar-refractivity contribution in [3.05, 3.63) is 0 Å². The van der Waals surface area contributed by atoms with Gasteiger partial charge in [-0.2, -0.15) is 0 Å². The summed E-state index contributed by atoms with van der Waals surface area (Å²) >= 11 is 0. The highest BCUT2D eigenvalue weighted by atomic mass is 28.3. The zero-order chi connectivity index (χ0) is 9.47. The lowest BCUT2D eigenvalue weighted by Crippen LogP contribution is -2.33. The van der Waals surface area contributed by atoms with E-state index >= 15 is 0 Å². The third-order valence-corrected chi connectivity index (χ3v) is 7.39. The van der Waals surface area contributed by atoms with Gasteiger partial charge < -0.3 is 0 Å². The predicted octanol–water partition coefficient (Wildman–Crippen LogP) is 4.30. The van der Waals surface area contributed by atoms with Crippen molar-refractivity contribution < 1.29 is 0 Å². The Balaban J connectivity index is 2.07. The highest BCUT2D eigenvalue weighted by molar-refractivity contribution is 6.77. The minimum Gasteiger partial charge on any atom is -0.0693 e. The molecule has 3 unspecified atom stereocenters. The van der Waals surface area contributed by atoms with E-state index in [0.29, 0.717) is 0 Å². The van der Waals surface area contributed by atoms with Gasteiger partial charge in [0, 0.05) is 8.07 Å². The van der Waals surface area contributed by atoms with Crippen LogP contribution in [0, 0.1) is 11.8 Å². The average Bonchev–Trinajstić information content (AvgIpc) is 2.45. The maximum Gasteiger partial charge on any atom is 0.0476 e. The van der Waals surface area contributed by atoms with Gasteiger partial charge in [0.2, 0.25) is 0 Å². The van der Waals surface area contributed by atoms with E-state index in [1.807, 2.05) is 0 Å². The fraction of sp³-hybridized carbons (Fsp3) is 1.00. The molecule has 0 N–H and O–H groups in total. The van der Waals surface area contributed by atoms with Crippen molar-refractivity contribution in [3.63, 3.8) is 0 Å². The van der Waals surface area contributed by atoms with Crippen molar-refractivity contribution in [2.75, 3.05) is 0 Å². The Bertz CT molecular complexity index is 180. The summed E-state index contributed by atoms with van der Waals surface area (Å²) in [7, 11) is -0.832. The van der Waals surface area contributed by atoms with E-state index in [1.54, 1.807) is 25.7 Å². The predicted molar refractivity (Wildman–Crippen MR) is 61.8 cm³/mol. The molecule has 0 saturated heterocycles. The quantitative estimate of drug-likeness (QED) is 0.549. The van der Waals surface area contributed by atoms with Crippen molar-refractivity contribution in [2.24, 2.45) is 11.8 Å². The molecule has 0 amide bonds. The lowest BCUT2D eigenvalue weighted by molar-refractivity contribution is 0.275. The number of rotatable bonds is 1. The van der Waals surface area contributed by atoms with Gasteiger partial charge in [0.1, 0.15) is 0 Å². The van der Waals surface area contributed by atoms with Crippen LogP contribution in [0.15, 0.2) is 0 Å². The second-order valence-corrected chi connectivity index (χ2v) is 11.7. The highest BCUT2D eigenvalue weighted by Gasteiger charge is 2.43. The van der Waals surface area contributed by atoms with Crippen molar-refractivity contribution in [3.8, 4) is 0 Å². The van der Waals surface area contributed by atoms with Gasteiger partial charge in [-0.3, -0.25) is 0 Å². The molecule has 0 spiro atoms. The molecule has 0 nitrogen and oxygen atoms in total. The van der Waals surface area contributed by atoms with Crippen molar-refractivity contribution in [2.45, 2.75) is 63.7 Å². The Kier molecular flexibility index (Phi) is 2.56. The first-order chi connectivity index (χ1) is 6.09. The number of hydrogen-bond acceptors (Lipinski definition) is 0. The van der Waals surface area contributed by atoms with Crippen molar-refractivity contribution in [1.82, 2.24) is 0 Å². The summed E-state index contributed by atoms with van der Waals surface area (Å²) in [6, 6.07) is 0. The van der Waals surface area contributed by atoms with E-state index in [4.69, 9.17) is 0 Å². The van der Waals surface area contributed by atoms with Gasteiger partial charge in [-0.05, 0) is 17.4 Å². The van der Waals surface area contributed by atoms with E-state index in [9.17, 15) is 0 Å². The van der Waals surface area contributed by atoms with Crippen LogP contribution in [0.25, 0.3) is 0 Å². The van der Waals surface area contributed by atoms with Crippen molar-refractivity contribution in [1.29, 1.82) is 0 Å². The van der Waals surface area contributed by atoms with Crippen LogP contribution in [0.3, 0.4) is 0 Å². The molecule has 76 valence electrons. The molecule has 0 radical (unpaired) electrons. The molecule has 2 aliphatic carbocycles. The molecule has 0 bridgehead atoms. The molecule has 0 aromatic heterocycles. The second kappa shape index (κ2) is 3.41. The largest absolute Gasteiger partial charge is 0.0693 e. The third kappa shape index (κ3) is 1.86. The van der Waals surface area contributed by atoms with Crippen LogP contribution in [0.5, 0.6) is 0 Å². The van der Waals surface area contributed by atoms with Gasteiger partial charge in [0.15, 0.2) is 0 Å². The molecule has 0 aromatic carbocycles. The van der Waals surface area contributed by atoms with Crippen LogP contribution in [0.2, 0.25) is 25.2 Å². The second-order valence-electron chi connectivity index (χ2n) is 6.26. The lowest BCUT2D eigenvalue weighted by atomic mass is 9.82. The Hall–Kier alpha value is 0.217.